The van der Waals surface area contributed by atoms with Gasteiger partial charge in [-0.3, -0.25) is 0 Å². The second-order valence-electron chi connectivity index (χ2n) is 4.92. The molecule has 2 aromatic carbocycles. The molecule has 2 heteroatoms. The maximum Gasteiger partial charge on any atom is 0.0727 e. The summed E-state index contributed by atoms with van der Waals surface area (Å²) in [6, 6.07) is 16.6. The Bertz CT molecular complexity index is 561. The molecule has 0 radical (unpaired) electrons. The van der Waals surface area contributed by atoms with E-state index in [2.05, 4.69) is 37.4 Å². The second kappa shape index (κ2) is 8.98. The lowest BCUT2D eigenvalue weighted by molar-refractivity contribution is 0.148. The van der Waals surface area contributed by atoms with E-state index in [0.29, 0.717) is 26.4 Å². The SMILES string of the molecule is C=CCOCc1ccccc1-c1ccccc1COCC=C. The maximum atomic E-state index is 5.61. The highest BCUT2D eigenvalue weighted by Crippen LogP contribution is 2.28. The molecule has 2 nitrogen and oxygen atoms in total. The van der Waals surface area contributed by atoms with Gasteiger partial charge in [-0.1, -0.05) is 60.7 Å². The van der Waals surface area contributed by atoms with Crippen molar-refractivity contribution in [1.82, 2.24) is 0 Å². The zero-order valence-corrected chi connectivity index (χ0v) is 12.8. The van der Waals surface area contributed by atoms with Crippen molar-refractivity contribution in [3.05, 3.63) is 85.0 Å². The first-order chi connectivity index (χ1) is 10.9. The van der Waals surface area contributed by atoms with Crippen molar-refractivity contribution in [2.45, 2.75) is 13.2 Å². The van der Waals surface area contributed by atoms with Gasteiger partial charge in [-0.15, -0.1) is 13.2 Å². The smallest absolute Gasteiger partial charge is 0.0727 e. The van der Waals surface area contributed by atoms with Gasteiger partial charge in [-0.2, -0.15) is 0 Å². The Hall–Kier alpha value is -2.16. The van der Waals surface area contributed by atoms with Crippen LogP contribution < -0.4 is 0 Å². The highest BCUT2D eigenvalue weighted by atomic mass is 16.5. The predicted octanol–water partition coefficient (Wildman–Crippen LogP) is 4.76. The van der Waals surface area contributed by atoms with Crippen LogP contribution in [-0.2, 0) is 22.7 Å². The Morgan fingerprint density at radius 2 is 1.09 bits per heavy atom. The number of hydrogen-bond donors (Lipinski definition) is 0. The Morgan fingerprint density at radius 3 is 1.50 bits per heavy atom. The summed E-state index contributed by atoms with van der Waals surface area (Å²) in [5.74, 6) is 0. The molecule has 2 aromatic rings. The average Bonchev–Trinajstić information content (AvgIpc) is 2.56. The zero-order chi connectivity index (χ0) is 15.6. The minimum Gasteiger partial charge on any atom is -0.373 e. The third-order valence-electron chi connectivity index (χ3n) is 3.31. The maximum absolute atomic E-state index is 5.61. The minimum atomic E-state index is 0.554. The number of rotatable bonds is 9. The van der Waals surface area contributed by atoms with Crippen LogP contribution in [0.1, 0.15) is 11.1 Å². The van der Waals surface area contributed by atoms with E-state index in [9.17, 15) is 0 Å². The van der Waals surface area contributed by atoms with Crippen molar-refractivity contribution in [2.24, 2.45) is 0 Å². The lowest BCUT2D eigenvalue weighted by Gasteiger charge is -2.14. The van der Waals surface area contributed by atoms with Crippen molar-refractivity contribution < 1.29 is 9.47 Å². The Labute approximate surface area is 132 Å². The van der Waals surface area contributed by atoms with Crippen LogP contribution in [0.5, 0.6) is 0 Å². The van der Waals surface area contributed by atoms with Crippen LogP contribution >= 0.6 is 0 Å². The van der Waals surface area contributed by atoms with Gasteiger partial charge in [0.2, 0.25) is 0 Å². The number of hydrogen-bond acceptors (Lipinski definition) is 2. The van der Waals surface area contributed by atoms with E-state index in [4.69, 9.17) is 9.47 Å². The number of benzene rings is 2. The summed E-state index contributed by atoms with van der Waals surface area (Å²) in [6.07, 6.45) is 3.53. The highest BCUT2D eigenvalue weighted by Gasteiger charge is 2.09. The standard InChI is InChI=1S/C20H22O2/c1-3-13-21-15-17-9-5-7-11-19(17)20-12-8-6-10-18(20)16-22-14-4-2/h3-12H,1-2,13-16H2. The Morgan fingerprint density at radius 1 is 0.682 bits per heavy atom. The molecule has 2 rings (SSSR count). The molecule has 114 valence electrons. The van der Waals surface area contributed by atoms with Gasteiger partial charge >= 0.3 is 0 Å². The van der Waals surface area contributed by atoms with Gasteiger partial charge in [0.05, 0.1) is 26.4 Å². The van der Waals surface area contributed by atoms with E-state index in [1.807, 2.05) is 24.3 Å². The molecule has 0 atom stereocenters. The minimum absolute atomic E-state index is 0.554. The summed E-state index contributed by atoms with van der Waals surface area (Å²) in [6.45, 7) is 9.61. The first-order valence-electron chi connectivity index (χ1n) is 7.40. The first kappa shape index (κ1) is 16.2. The molecule has 0 amide bonds. The van der Waals surface area contributed by atoms with Gasteiger partial charge in [0.1, 0.15) is 0 Å². The fraction of sp³-hybridized carbons (Fsp3) is 0.200. The third kappa shape index (κ3) is 4.42. The predicted molar refractivity (Wildman–Crippen MR) is 91.6 cm³/mol. The summed E-state index contributed by atoms with van der Waals surface area (Å²) in [5, 5.41) is 0. The summed E-state index contributed by atoms with van der Waals surface area (Å²) in [4.78, 5) is 0. The fourth-order valence-electron chi connectivity index (χ4n) is 2.32. The molecule has 0 spiro atoms. The van der Waals surface area contributed by atoms with Crippen molar-refractivity contribution in [2.75, 3.05) is 13.2 Å². The van der Waals surface area contributed by atoms with Crippen LogP contribution in [0.4, 0.5) is 0 Å². The highest BCUT2D eigenvalue weighted by molar-refractivity contribution is 5.70. The van der Waals surface area contributed by atoms with Crippen molar-refractivity contribution in [3.8, 4) is 11.1 Å². The third-order valence-corrected chi connectivity index (χ3v) is 3.31. The van der Waals surface area contributed by atoms with Gasteiger partial charge < -0.3 is 9.47 Å². The summed E-state index contributed by atoms with van der Waals surface area (Å²) >= 11 is 0. The summed E-state index contributed by atoms with van der Waals surface area (Å²) in [7, 11) is 0. The molecular formula is C20H22O2. The van der Waals surface area contributed by atoms with Gasteiger partial charge in [0.25, 0.3) is 0 Å². The van der Waals surface area contributed by atoms with Gasteiger partial charge in [0, 0.05) is 0 Å². The first-order valence-corrected chi connectivity index (χ1v) is 7.40. The lowest BCUT2D eigenvalue weighted by atomic mass is 9.96. The molecular weight excluding hydrogens is 272 g/mol. The molecule has 0 saturated heterocycles. The van der Waals surface area contributed by atoms with Crippen LogP contribution in [0.15, 0.2) is 73.8 Å². The van der Waals surface area contributed by atoms with Crippen LogP contribution in [0, 0.1) is 0 Å². The van der Waals surface area contributed by atoms with Crippen LogP contribution in [0.25, 0.3) is 11.1 Å². The zero-order valence-electron chi connectivity index (χ0n) is 12.8. The lowest BCUT2D eigenvalue weighted by Crippen LogP contribution is -1.99. The van der Waals surface area contributed by atoms with E-state index in [1.165, 1.54) is 22.3 Å². The van der Waals surface area contributed by atoms with E-state index in [1.54, 1.807) is 12.2 Å². The van der Waals surface area contributed by atoms with E-state index >= 15 is 0 Å². The topological polar surface area (TPSA) is 18.5 Å². The molecule has 0 heterocycles. The van der Waals surface area contributed by atoms with Crippen molar-refractivity contribution in [1.29, 1.82) is 0 Å². The summed E-state index contributed by atoms with van der Waals surface area (Å²) in [5.41, 5.74) is 4.70. The van der Waals surface area contributed by atoms with Gasteiger partial charge in [-0.05, 0) is 22.3 Å². The van der Waals surface area contributed by atoms with Gasteiger partial charge in [-0.25, -0.2) is 0 Å². The molecule has 0 aromatic heterocycles. The molecule has 0 aliphatic carbocycles. The quantitative estimate of drug-likeness (QED) is 0.490. The van der Waals surface area contributed by atoms with E-state index in [-0.39, 0.29) is 0 Å². The van der Waals surface area contributed by atoms with E-state index < -0.39 is 0 Å². The normalized spacial score (nSPS) is 10.4. The largest absolute Gasteiger partial charge is 0.373 e. The van der Waals surface area contributed by atoms with Crippen LogP contribution in [-0.4, -0.2) is 13.2 Å². The molecule has 22 heavy (non-hydrogen) atoms. The second-order valence-corrected chi connectivity index (χ2v) is 4.92. The summed E-state index contributed by atoms with van der Waals surface area (Å²) < 4.78 is 11.2. The van der Waals surface area contributed by atoms with Crippen LogP contribution in [0.3, 0.4) is 0 Å². The molecule has 0 bridgehead atoms. The van der Waals surface area contributed by atoms with Gasteiger partial charge in [0.15, 0.2) is 0 Å². The fourth-order valence-corrected chi connectivity index (χ4v) is 2.32. The Balaban J connectivity index is 2.27. The number of ether oxygens (including phenoxy) is 2. The average molecular weight is 294 g/mol. The van der Waals surface area contributed by atoms with Crippen LogP contribution in [0.2, 0.25) is 0 Å². The molecule has 0 aliphatic rings. The molecule has 0 aliphatic heterocycles. The van der Waals surface area contributed by atoms with E-state index in [0.717, 1.165) is 0 Å². The van der Waals surface area contributed by atoms with Crippen molar-refractivity contribution in [3.63, 3.8) is 0 Å². The molecule has 0 N–H and O–H groups in total. The molecule has 0 saturated carbocycles. The Kier molecular flexibility index (Phi) is 6.62. The molecule has 0 unspecified atom stereocenters. The molecule has 0 fully saturated rings. The monoisotopic (exact) mass is 294 g/mol. The van der Waals surface area contributed by atoms with Crippen molar-refractivity contribution >= 4 is 0 Å².